The van der Waals surface area contributed by atoms with Crippen LogP contribution in [0.25, 0.3) is 0 Å². The van der Waals surface area contributed by atoms with E-state index in [-0.39, 0.29) is 12.5 Å². The fourth-order valence-electron chi connectivity index (χ4n) is 2.86. The summed E-state index contributed by atoms with van der Waals surface area (Å²) in [4.78, 5) is 12.0. The summed E-state index contributed by atoms with van der Waals surface area (Å²) in [6.45, 7) is 4.52. The maximum Gasteiger partial charge on any atom is 0.259 e. The van der Waals surface area contributed by atoms with Crippen LogP contribution >= 0.6 is 0 Å². The van der Waals surface area contributed by atoms with Crippen LogP contribution in [0, 0.1) is 11.8 Å². The fourth-order valence-corrected chi connectivity index (χ4v) is 2.86. The Hall–Kier alpha value is -2.04. The van der Waals surface area contributed by atoms with Crippen LogP contribution in [0.4, 0.5) is 5.69 Å². The predicted octanol–water partition coefficient (Wildman–Crippen LogP) is 3.04. The number of hydrogen-bond acceptors (Lipinski definition) is 4. The first-order chi connectivity index (χ1) is 10.6. The summed E-state index contributed by atoms with van der Waals surface area (Å²) in [6.07, 6.45) is 3.54. The molecular formula is C17H25N3O2. The number of anilines is 1. The number of nitrogens with one attached hydrogen (secondary N) is 2. The highest BCUT2D eigenvalue weighted by Gasteiger charge is 2.23. The minimum absolute atomic E-state index is 0.150. The number of methoxy groups -OCH3 is 1. The zero-order chi connectivity index (χ0) is 15.9. The van der Waals surface area contributed by atoms with Gasteiger partial charge >= 0.3 is 0 Å². The van der Waals surface area contributed by atoms with Gasteiger partial charge in [0.05, 0.1) is 19.3 Å². The van der Waals surface area contributed by atoms with E-state index in [9.17, 15) is 4.79 Å². The number of benzene rings is 1. The third-order valence-electron chi connectivity index (χ3n) is 4.14. The summed E-state index contributed by atoms with van der Waals surface area (Å²) in [5.41, 5.74) is 4.57. The second kappa shape index (κ2) is 7.82. The van der Waals surface area contributed by atoms with Gasteiger partial charge in [0, 0.05) is 5.71 Å². The van der Waals surface area contributed by atoms with E-state index in [2.05, 4.69) is 29.7 Å². The number of carbonyl (C=O) groups excluding carboxylic acids is 1. The van der Waals surface area contributed by atoms with E-state index in [0.717, 1.165) is 30.0 Å². The van der Waals surface area contributed by atoms with Gasteiger partial charge in [-0.25, -0.2) is 5.43 Å². The average Bonchev–Trinajstić information content (AvgIpc) is 2.52. The molecule has 0 unspecified atom stereocenters. The molecule has 0 heterocycles. The van der Waals surface area contributed by atoms with Gasteiger partial charge in [-0.3, -0.25) is 4.79 Å². The summed E-state index contributed by atoms with van der Waals surface area (Å²) in [5, 5.41) is 7.41. The Morgan fingerprint density at radius 3 is 2.64 bits per heavy atom. The molecule has 1 aromatic rings. The number of ether oxygens (including phenoxy) is 1. The van der Waals surface area contributed by atoms with Crippen LogP contribution in [-0.4, -0.2) is 25.3 Å². The number of amides is 1. The zero-order valence-corrected chi connectivity index (χ0v) is 13.6. The standard InChI is InChI=1S/C17H25N3O2/c1-12-7-6-8-13(2)17(12)20-19-16(21)11-18-14-9-4-5-10-15(14)22-3/h4-5,9-10,12-13,18H,6-8,11H2,1-3H3,(H,19,21)/t12-,13+. The Kier molecular flexibility index (Phi) is 5.81. The van der Waals surface area contributed by atoms with Crippen molar-refractivity contribution in [3.63, 3.8) is 0 Å². The van der Waals surface area contributed by atoms with Crippen molar-refractivity contribution in [2.24, 2.45) is 16.9 Å². The highest BCUT2D eigenvalue weighted by Crippen LogP contribution is 2.26. The van der Waals surface area contributed by atoms with Gasteiger partial charge in [0.2, 0.25) is 0 Å². The van der Waals surface area contributed by atoms with Gasteiger partial charge in [-0.1, -0.05) is 32.4 Å². The summed E-state index contributed by atoms with van der Waals surface area (Å²) in [6, 6.07) is 7.52. The maximum absolute atomic E-state index is 12.0. The van der Waals surface area contributed by atoms with E-state index in [1.165, 1.54) is 6.42 Å². The number of hydrazone groups is 1. The van der Waals surface area contributed by atoms with Crippen molar-refractivity contribution < 1.29 is 9.53 Å². The molecule has 1 aliphatic rings. The van der Waals surface area contributed by atoms with Crippen LogP contribution < -0.4 is 15.5 Å². The van der Waals surface area contributed by atoms with Crippen LogP contribution in [0.3, 0.4) is 0 Å². The van der Waals surface area contributed by atoms with Crippen molar-refractivity contribution in [2.45, 2.75) is 33.1 Å². The van der Waals surface area contributed by atoms with E-state index in [0.29, 0.717) is 11.8 Å². The third kappa shape index (κ3) is 4.23. The molecule has 2 atom stereocenters. The van der Waals surface area contributed by atoms with Gasteiger partial charge in [-0.05, 0) is 36.8 Å². The van der Waals surface area contributed by atoms with Crippen molar-refractivity contribution in [1.29, 1.82) is 0 Å². The molecule has 1 aromatic carbocycles. The minimum atomic E-state index is -0.150. The molecule has 22 heavy (non-hydrogen) atoms. The number of carbonyl (C=O) groups is 1. The lowest BCUT2D eigenvalue weighted by molar-refractivity contribution is -0.119. The van der Waals surface area contributed by atoms with Crippen LogP contribution in [0.2, 0.25) is 0 Å². The quantitative estimate of drug-likeness (QED) is 0.822. The number of hydrogen-bond donors (Lipinski definition) is 2. The molecule has 0 bridgehead atoms. The lowest BCUT2D eigenvalue weighted by atomic mass is 9.81. The molecular weight excluding hydrogens is 278 g/mol. The van der Waals surface area contributed by atoms with Crippen LogP contribution in [0.1, 0.15) is 33.1 Å². The predicted molar refractivity (Wildman–Crippen MR) is 89.2 cm³/mol. The Morgan fingerprint density at radius 2 is 1.95 bits per heavy atom. The fraction of sp³-hybridized carbons (Fsp3) is 0.529. The van der Waals surface area contributed by atoms with Gasteiger partial charge in [-0.2, -0.15) is 5.10 Å². The van der Waals surface area contributed by atoms with E-state index in [4.69, 9.17) is 4.74 Å². The lowest BCUT2D eigenvalue weighted by Gasteiger charge is -2.26. The smallest absolute Gasteiger partial charge is 0.259 e. The normalized spacial score (nSPS) is 23.1. The largest absolute Gasteiger partial charge is 0.495 e. The van der Waals surface area contributed by atoms with E-state index >= 15 is 0 Å². The highest BCUT2D eigenvalue weighted by atomic mass is 16.5. The zero-order valence-electron chi connectivity index (χ0n) is 13.6. The molecule has 0 aliphatic heterocycles. The molecule has 2 N–H and O–H groups in total. The second-order valence-electron chi connectivity index (χ2n) is 5.86. The molecule has 5 heteroatoms. The van der Waals surface area contributed by atoms with Gasteiger partial charge in [0.1, 0.15) is 5.75 Å². The molecule has 0 saturated heterocycles. The van der Waals surface area contributed by atoms with Gasteiger partial charge in [0.25, 0.3) is 5.91 Å². The van der Waals surface area contributed by atoms with Gasteiger partial charge < -0.3 is 10.1 Å². The van der Waals surface area contributed by atoms with Crippen molar-refractivity contribution in [3.8, 4) is 5.75 Å². The lowest BCUT2D eigenvalue weighted by Crippen LogP contribution is -2.31. The van der Waals surface area contributed by atoms with Crippen LogP contribution in [-0.2, 0) is 4.79 Å². The Bertz CT molecular complexity index is 530. The number of nitrogens with zero attached hydrogens (tertiary/aromatic N) is 1. The molecule has 120 valence electrons. The molecule has 1 aliphatic carbocycles. The van der Waals surface area contributed by atoms with E-state index in [1.54, 1.807) is 7.11 Å². The molecule has 1 amide bonds. The summed E-state index contributed by atoms with van der Waals surface area (Å²) < 4.78 is 5.24. The van der Waals surface area contributed by atoms with E-state index in [1.807, 2.05) is 24.3 Å². The van der Waals surface area contributed by atoms with Crippen LogP contribution in [0.15, 0.2) is 29.4 Å². The molecule has 0 radical (unpaired) electrons. The summed E-state index contributed by atoms with van der Waals surface area (Å²) in [5.74, 6) is 1.47. The third-order valence-corrected chi connectivity index (χ3v) is 4.14. The SMILES string of the molecule is COc1ccccc1NCC(=O)NN=C1[C@H](C)CCC[C@@H]1C. The molecule has 2 rings (SSSR count). The van der Waals surface area contributed by atoms with Crippen LogP contribution in [0.5, 0.6) is 5.75 Å². The number of rotatable bonds is 5. The second-order valence-corrected chi connectivity index (χ2v) is 5.86. The molecule has 5 nitrogen and oxygen atoms in total. The summed E-state index contributed by atoms with van der Waals surface area (Å²) in [7, 11) is 1.61. The Balaban J connectivity index is 1.88. The van der Waals surface area contributed by atoms with Gasteiger partial charge in [-0.15, -0.1) is 0 Å². The monoisotopic (exact) mass is 303 g/mol. The average molecular weight is 303 g/mol. The summed E-state index contributed by atoms with van der Waals surface area (Å²) >= 11 is 0. The Labute approximate surface area is 132 Å². The first-order valence-corrected chi connectivity index (χ1v) is 7.85. The molecule has 1 fully saturated rings. The highest BCUT2D eigenvalue weighted by molar-refractivity contribution is 5.90. The topological polar surface area (TPSA) is 62.7 Å². The number of para-hydroxylation sites is 2. The van der Waals surface area contributed by atoms with Crippen molar-refractivity contribution in [3.05, 3.63) is 24.3 Å². The van der Waals surface area contributed by atoms with Crippen molar-refractivity contribution in [1.82, 2.24) is 5.43 Å². The van der Waals surface area contributed by atoms with Gasteiger partial charge in [0.15, 0.2) is 0 Å². The minimum Gasteiger partial charge on any atom is -0.495 e. The maximum atomic E-state index is 12.0. The first-order valence-electron chi connectivity index (χ1n) is 7.85. The Morgan fingerprint density at radius 1 is 1.27 bits per heavy atom. The van der Waals surface area contributed by atoms with Crippen molar-refractivity contribution in [2.75, 3.05) is 19.0 Å². The first kappa shape index (κ1) is 16.3. The molecule has 0 spiro atoms. The van der Waals surface area contributed by atoms with Crippen molar-refractivity contribution >= 4 is 17.3 Å². The molecule has 1 saturated carbocycles. The molecule has 0 aromatic heterocycles. The van der Waals surface area contributed by atoms with E-state index < -0.39 is 0 Å².